The molecule has 1 aromatic carbocycles. The van der Waals surface area contributed by atoms with Crippen molar-refractivity contribution in [2.75, 3.05) is 11.9 Å². The molecule has 5 nitrogen and oxygen atoms in total. The van der Waals surface area contributed by atoms with Gasteiger partial charge in [-0.2, -0.15) is 0 Å². The Morgan fingerprint density at radius 2 is 2.16 bits per heavy atom. The van der Waals surface area contributed by atoms with Crippen LogP contribution in [0.3, 0.4) is 0 Å². The number of nitrogens with two attached hydrogens (primary N) is 1. The van der Waals surface area contributed by atoms with Crippen molar-refractivity contribution in [1.29, 1.82) is 0 Å². The second kappa shape index (κ2) is 5.67. The summed E-state index contributed by atoms with van der Waals surface area (Å²) in [5.74, 6) is 0.369. The average molecular weight is 259 g/mol. The molecule has 0 bridgehead atoms. The molecule has 0 unspecified atom stereocenters. The molecular formula is C14H17N3O2. The van der Waals surface area contributed by atoms with E-state index < -0.39 is 0 Å². The number of carbonyl (C=O) groups is 1. The average Bonchev–Trinajstić information content (AvgIpc) is 2.83. The number of hydrogen-bond donors (Lipinski definition) is 2. The minimum Gasteiger partial charge on any atom is -0.435 e. The lowest BCUT2D eigenvalue weighted by Gasteiger charge is -2.05. The first kappa shape index (κ1) is 13.3. The molecule has 0 aliphatic rings. The van der Waals surface area contributed by atoms with Gasteiger partial charge in [-0.3, -0.25) is 4.79 Å². The number of anilines is 1. The van der Waals surface area contributed by atoms with E-state index in [0.29, 0.717) is 18.9 Å². The molecule has 0 saturated carbocycles. The maximum atomic E-state index is 12.0. The van der Waals surface area contributed by atoms with Gasteiger partial charge in [-0.25, -0.2) is 4.98 Å². The van der Waals surface area contributed by atoms with Crippen LogP contribution < -0.4 is 11.1 Å². The summed E-state index contributed by atoms with van der Waals surface area (Å²) in [6, 6.07) is 5.74. The Labute approximate surface area is 111 Å². The molecule has 1 aromatic heterocycles. The fourth-order valence-electron chi connectivity index (χ4n) is 1.67. The lowest BCUT2D eigenvalue weighted by Crippen LogP contribution is -2.11. The predicted octanol–water partition coefficient (Wildman–Crippen LogP) is 2.04. The number of benzene rings is 1. The zero-order valence-corrected chi connectivity index (χ0v) is 11.1. The molecule has 2 rings (SSSR count). The van der Waals surface area contributed by atoms with Crippen LogP contribution in [-0.2, 0) is 6.42 Å². The Bertz CT molecular complexity index is 590. The molecule has 1 heterocycles. The van der Waals surface area contributed by atoms with Gasteiger partial charge in [0.2, 0.25) is 5.76 Å². The first-order valence-electron chi connectivity index (χ1n) is 6.13. The van der Waals surface area contributed by atoms with Crippen LogP contribution >= 0.6 is 0 Å². The van der Waals surface area contributed by atoms with Gasteiger partial charge in [0.1, 0.15) is 0 Å². The van der Waals surface area contributed by atoms with Gasteiger partial charge >= 0.3 is 0 Å². The van der Waals surface area contributed by atoms with Crippen LogP contribution in [0.25, 0.3) is 0 Å². The van der Waals surface area contributed by atoms with Crippen molar-refractivity contribution in [3.05, 3.63) is 47.2 Å². The van der Waals surface area contributed by atoms with Crippen LogP contribution in [0.15, 0.2) is 28.8 Å². The molecule has 0 spiro atoms. The topological polar surface area (TPSA) is 81.2 Å². The van der Waals surface area contributed by atoms with Crippen LogP contribution in [0.2, 0.25) is 0 Å². The largest absolute Gasteiger partial charge is 0.435 e. The highest BCUT2D eigenvalue weighted by Gasteiger charge is 2.12. The second-order valence-electron chi connectivity index (χ2n) is 4.41. The van der Waals surface area contributed by atoms with E-state index >= 15 is 0 Å². The molecule has 100 valence electrons. The molecular weight excluding hydrogens is 242 g/mol. The van der Waals surface area contributed by atoms with Crippen molar-refractivity contribution < 1.29 is 9.21 Å². The van der Waals surface area contributed by atoms with Gasteiger partial charge in [0.15, 0.2) is 5.89 Å². The Balaban J connectivity index is 2.09. The monoisotopic (exact) mass is 259 g/mol. The molecule has 0 aliphatic carbocycles. The molecule has 2 aromatic rings. The van der Waals surface area contributed by atoms with Crippen molar-refractivity contribution >= 4 is 11.6 Å². The van der Waals surface area contributed by atoms with Crippen molar-refractivity contribution in [2.45, 2.75) is 20.3 Å². The molecule has 1 amide bonds. The quantitative estimate of drug-likeness (QED) is 0.880. The Kier molecular flexibility index (Phi) is 3.97. The molecule has 19 heavy (non-hydrogen) atoms. The van der Waals surface area contributed by atoms with E-state index in [0.717, 1.165) is 11.3 Å². The highest BCUT2D eigenvalue weighted by atomic mass is 16.4. The number of nitrogens with one attached hydrogen (secondary N) is 1. The first-order valence-corrected chi connectivity index (χ1v) is 6.13. The number of aryl methyl sites for hydroxylation is 2. The summed E-state index contributed by atoms with van der Waals surface area (Å²) in [5.41, 5.74) is 8.45. The van der Waals surface area contributed by atoms with Crippen LogP contribution in [-0.4, -0.2) is 17.4 Å². The first-order chi connectivity index (χ1) is 9.10. The fraction of sp³-hybridized carbons (Fsp3) is 0.286. The van der Waals surface area contributed by atoms with Gasteiger partial charge in [0.25, 0.3) is 5.91 Å². The van der Waals surface area contributed by atoms with Gasteiger partial charge in [0.05, 0.1) is 6.20 Å². The summed E-state index contributed by atoms with van der Waals surface area (Å²) in [5, 5.41) is 2.78. The third-order valence-electron chi connectivity index (χ3n) is 2.90. The summed E-state index contributed by atoms with van der Waals surface area (Å²) in [6.45, 7) is 4.47. The van der Waals surface area contributed by atoms with Crippen molar-refractivity contribution in [2.24, 2.45) is 5.73 Å². The predicted molar refractivity (Wildman–Crippen MR) is 73.1 cm³/mol. The number of rotatable bonds is 4. The van der Waals surface area contributed by atoms with E-state index in [1.807, 2.05) is 32.0 Å². The number of aromatic nitrogens is 1. The van der Waals surface area contributed by atoms with Crippen molar-refractivity contribution in [3.8, 4) is 0 Å². The lowest BCUT2D eigenvalue weighted by atomic mass is 10.1. The van der Waals surface area contributed by atoms with E-state index in [4.69, 9.17) is 10.2 Å². The third kappa shape index (κ3) is 3.20. The van der Waals surface area contributed by atoms with Gasteiger partial charge in [-0.05, 0) is 37.1 Å². The molecule has 0 radical (unpaired) electrons. The Hall–Kier alpha value is -2.14. The number of nitrogens with zero attached hydrogens (tertiary/aromatic N) is 1. The van der Waals surface area contributed by atoms with Crippen LogP contribution in [0.4, 0.5) is 5.69 Å². The lowest BCUT2D eigenvalue weighted by molar-refractivity contribution is 0.0995. The highest BCUT2D eigenvalue weighted by Crippen LogP contribution is 2.15. The van der Waals surface area contributed by atoms with Crippen LogP contribution in [0.5, 0.6) is 0 Å². The van der Waals surface area contributed by atoms with E-state index in [1.165, 1.54) is 11.8 Å². The maximum Gasteiger partial charge on any atom is 0.293 e. The zero-order chi connectivity index (χ0) is 13.8. The highest BCUT2D eigenvalue weighted by molar-refractivity contribution is 6.02. The van der Waals surface area contributed by atoms with Crippen LogP contribution in [0.1, 0.15) is 27.6 Å². The molecule has 0 atom stereocenters. The van der Waals surface area contributed by atoms with Gasteiger partial charge < -0.3 is 15.5 Å². The SMILES string of the molecule is Cc1ccc(NC(=O)c2cnc(CCN)o2)cc1C. The van der Waals surface area contributed by atoms with Gasteiger partial charge in [-0.15, -0.1) is 0 Å². The third-order valence-corrected chi connectivity index (χ3v) is 2.90. The number of carbonyl (C=O) groups excluding carboxylic acids is 1. The van der Waals surface area contributed by atoms with E-state index in [1.54, 1.807) is 0 Å². The maximum absolute atomic E-state index is 12.0. The fourth-order valence-corrected chi connectivity index (χ4v) is 1.67. The summed E-state index contributed by atoms with van der Waals surface area (Å²) in [6.07, 6.45) is 1.94. The standard InChI is InChI=1S/C14H17N3O2/c1-9-3-4-11(7-10(9)2)17-14(18)12-8-16-13(19-12)5-6-15/h3-4,7-8H,5-6,15H2,1-2H3,(H,17,18). The summed E-state index contributed by atoms with van der Waals surface area (Å²) in [7, 11) is 0. The van der Waals surface area contributed by atoms with Crippen molar-refractivity contribution in [1.82, 2.24) is 4.98 Å². The molecule has 0 fully saturated rings. The minimum absolute atomic E-state index is 0.196. The molecule has 0 saturated heterocycles. The summed E-state index contributed by atoms with van der Waals surface area (Å²) >= 11 is 0. The Morgan fingerprint density at radius 3 is 2.84 bits per heavy atom. The van der Waals surface area contributed by atoms with E-state index in [2.05, 4.69) is 10.3 Å². The number of oxazole rings is 1. The van der Waals surface area contributed by atoms with E-state index in [9.17, 15) is 4.79 Å². The second-order valence-corrected chi connectivity index (χ2v) is 4.41. The minimum atomic E-state index is -0.306. The normalized spacial score (nSPS) is 10.5. The smallest absolute Gasteiger partial charge is 0.293 e. The summed E-state index contributed by atoms with van der Waals surface area (Å²) < 4.78 is 5.31. The Morgan fingerprint density at radius 1 is 1.37 bits per heavy atom. The number of hydrogen-bond acceptors (Lipinski definition) is 4. The number of amides is 1. The van der Waals surface area contributed by atoms with Crippen LogP contribution in [0, 0.1) is 13.8 Å². The summed E-state index contributed by atoms with van der Waals surface area (Å²) in [4.78, 5) is 15.9. The zero-order valence-electron chi connectivity index (χ0n) is 11.1. The van der Waals surface area contributed by atoms with Gasteiger partial charge in [0, 0.05) is 18.7 Å². The van der Waals surface area contributed by atoms with Crippen molar-refractivity contribution in [3.63, 3.8) is 0 Å². The molecule has 5 heteroatoms. The molecule has 0 aliphatic heterocycles. The van der Waals surface area contributed by atoms with Gasteiger partial charge in [-0.1, -0.05) is 6.07 Å². The molecule has 3 N–H and O–H groups in total. The van der Waals surface area contributed by atoms with E-state index in [-0.39, 0.29) is 11.7 Å².